The summed E-state index contributed by atoms with van der Waals surface area (Å²) in [6.07, 6.45) is 0. The van der Waals surface area contributed by atoms with Gasteiger partial charge < -0.3 is 9.80 Å². The lowest BCUT2D eigenvalue weighted by atomic mass is 9.58. The lowest BCUT2D eigenvalue weighted by Crippen LogP contribution is -2.35. The average molecular weight is 1150 g/mol. The molecule has 0 saturated carbocycles. The Morgan fingerprint density at radius 1 is 0.233 bits per heavy atom. The van der Waals surface area contributed by atoms with Crippen LogP contribution in [0.15, 0.2) is 315 Å². The molecule has 0 atom stereocenters. The second-order valence-electron chi connectivity index (χ2n) is 25.0. The molecule has 0 bridgehead atoms. The Hall–Kier alpha value is -11.1. The Kier molecular flexibility index (Phi) is 12.3. The quantitative estimate of drug-likeness (QED) is 0.135. The molecule has 0 fully saturated rings. The van der Waals surface area contributed by atoms with Crippen molar-refractivity contribution in [3.05, 3.63) is 382 Å². The summed E-state index contributed by atoms with van der Waals surface area (Å²) in [6.45, 7) is 8.85. The van der Waals surface area contributed by atoms with E-state index in [4.69, 9.17) is 0 Å². The van der Waals surface area contributed by atoms with Crippen LogP contribution in [-0.2, 0) is 10.8 Å². The molecule has 2 aliphatic carbocycles. The van der Waals surface area contributed by atoms with E-state index in [-0.39, 0.29) is 0 Å². The van der Waals surface area contributed by atoms with Gasteiger partial charge in [0.05, 0.1) is 33.6 Å². The molecule has 2 nitrogen and oxygen atoms in total. The lowest BCUT2D eigenvalue weighted by molar-refractivity contribution is 0.742. The van der Waals surface area contributed by atoms with Crippen LogP contribution >= 0.6 is 0 Å². The van der Waals surface area contributed by atoms with Crippen LogP contribution in [0.5, 0.6) is 0 Å². The van der Waals surface area contributed by atoms with Crippen LogP contribution in [0.25, 0.3) is 65.3 Å². The monoisotopic (exact) mass is 1150 g/mol. The normalized spacial score (nSPS) is 13.3. The van der Waals surface area contributed by atoms with Crippen LogP contribution in [0.4, 0.5) is 34.1 Å². The molecule has 0 aliphatic heterocycles. The molecular formula is C88H64N2. The van der Waals surface area contributed by atoms with Gasteiger partial charge in [0.1, 0.15) is 0 Å². The van der Waals surface area contributed by atoms with E-state index in [1.165, 1.54) is 132 Å². The molecule has 0 amide bonds. The van der Waals surface area contributed by atoms with Crippen molar-refractivity contribution in [1.82, 2.24) is 0 Å². The fourth-order valence-corrected chi connectivity index (χ4v) is 15.8. The number of para-hydroxylation sites is 2. The number of anilines is 6. The predicted molar refractivity (Wildman–Crippen MR) is 379 cm³/mol. The summed E-state index contributed by atoms with van der Waals surface area (Å²) in [5.41, 5.74) is 24.9. The van der Waals surface area contributed by atoms with Crippen molar-refractivity contribution >= 4 is 77.2 Å². The molecule has 90 heavy (non-hydrogen) atoms. The van der Waals surface area contributed by atoms with E-state index >= 15 is 0 Å². The Morgan fingerprint density at radius 3 is 1.12 bits per heavy atom. The van der Waals surface area contributed by atoms with E-state index in [2.05, 4.69) is 353 Å². The van der Waals surface area contributed by atoms with Crippen molar-refractivity contribution in [2.45, 2.75) is 38.5 Å². The van der Waals surface area contributed by atoms with Gasteiger partial charge in [0.15, 0.2) is 0 Å². The van der Waals surface area contributed by atoms with Crippen molar-refractivity contribution in [3.63, 3.8) is 0 Å². The number of rotatable bonds is 10. The largest absolute Gasteiger partial charge is 0.309 e. The van der Waals surface area contributed by atoms with Gasteiger partial charge in [0.25, 0.3) is 0 Å². The first-order chi connectivity index (χ1) is 44.3. The average Bonchev–Trinajstić information content (AvgIpc) is 1.39. The fourth-order valence-electron chi connectivity index (χ4n) is 15.8. The SMILES string of the molecule is Cc1ccc(C2(c3ccc(C)cc3)c3cc4c(cc3-c3c2cc(N(c2ccccc2)c2cccc5ccccc25)c2ccccc32)C(c2ccc(C)cc2)(c2ccc(C)cc2)c2cccc3c(N(c5ccccc5)c5cccc6ccccc56)ccc-4c23)cc1. The van der Waals surface area contributed by atoms with Gasteiger partial charge in [-0.3, -0.25) is 0 Å². The first-order valence-electron chi connectivity index (χ1n) is 31.6. The third-order valence-electron chi connectivity index (χ3n) is 19.8. The van der Waals surface area contributed by atoms with Crippen LogP contribution in [0.2, 0.25) is 0 Å². The highest BCUT2D eigenvalue weighted by molar-refractivity contribution is 6.16. The van der Waals surface area contributed by atoms with Gasteiger partial charge in [0.2, 0.25) is 0 Å². The van der Waals surface area contributed by atoms with Crippen molar-refractivity contribution in [3.8, 4) is 22.3 Å². The van der Waals surface area contributed by atoms with Gasteiger partial charge in [-0.05, 0) is 177 Å². The van der Waals surface area contributed by atoms with Gasteiger partial charge in [-0.25, -0.2) is 0 Å². The Morgan fingerprint density at radius 2 is 0.611 bits per heavy atom. The van der Waals surface area contributed by atoms with Gasteiger partial charge in [-0.15, -0.1) is 0 Å². The first kappa shape index (κ1) is 53.2. The Labute approximate surface area is 526 Å². The van der Waals surface area contributed by atoms with Crippen LogP contribution < -0.4 is 9.80 Å². The van der Waals surface area contributed by atoms with Gasteiger partial charge in [0, 0.05) is 32.9 Å². The van der Waals surface area contributed by atoms with Gasteiger partial charge >= 0.3 is 0 Å². The van der Waals surface area contributed by atoms with Gasteiger partial charge in [-0.2, -0.15) is 0 Å². The molecule has 0 radical (unpaired) electrons. The van der Waals surface area contributed by atoms with E-state index < -0.39 is 10.8 Å². The zero-order valence-electron chi connectivity index (χ0n) is 50.9. The minimum absolute atomic E-state index is 0.790. The smallest absolute Gasteiger partial charge is 0.0714 e. The molecule has 0 spiro atoms. The maximum atomic E-state index is 2.67. The molecule has 15 aromatic carbocycles. The third kappa shape index (κ3) is 7.90. The van der Waals surface area contributed by atoms with Crippen molar-refractivity contribution < 1.29 is 0 Å². The Bertz CT molecular complexity index is 5210. The molecule has 0 saturated heterocycles. The minimum Gasteiger partial charge on any atom is -0.309 e. The van der Waals surface area contributed by atoms with E-state index in [0.717, 1.165) is 34.1 Å². The third-order valence-corrected chi connectivity index (χ3v) is 19.8. The molecule has 2 heteroatoms. The van der Waals surface area contributed by atoms with Crippen molar-refractivity contribution in [2.24, 2.45) is 0 Å². The van der Waals surface area contributed by atoms with Crippen molar-refractivity contribution in [1.29, 1.82) is 0 Å². The summed E-state index contributed by atoms with van der Waals surface area (Å²) in [5.74, 6) is 0. The number of aryl methyl sites for hydroxylation is 4. The number of benzene rings is 15. The number of hydrogen-bond acceptors (Lipinski definition) is 2. The summed E-state index contributed by atoms with van der Waals surface area (Å²) in [5, 5.41) is 9.61. The summed E-state index contributed by atoms with van der Waals surface area (Å²) in [4.78, 5) is 5.03. The van der Waals surface area contributed by atoms with Crippen molar-refractivity contribution in [2.75, 3.05) is 9.80 Å². The summed E-state index contributed by atoms with van der Waals surface area (Å²) < 4.78 is 0. The summed E-state index contributed by atoms with van der Waals surface area (Å²) in [7, 11) is 0. The van der Waals surface area contributed by atoms with E-state index in [9.17, 15) is 0 Å². The number of hydrogen-bond donors (Lipinski definition) is 0. The molecule has 17 rings (SSSR count). The van der Waals surface area contributed by atoms with E-state index in [0.29, 0.717) is 0 Å². The fraction of sp³-hybridized carbons (Fsp3) is 0.0682. The molecule has 15 aromatic rings. The molecule has 2 aliphatic rings. The zero-order chi connectivity index (χ0) is 60.2. The summed E-state index contributed by atoms with van der Waals surface area (Å²) in [6, 6.07) is 120. The maximum Gasteiger partial charge on any atom is 0.0714 e. The second-order valence-corrected chi connectivity index (χ2v) is 25.0. The maximum absolute atomic E-state index is 2.67. The van der Waals surface area contributed by atoms with Crippen LogP contribution in [-0.4, -0.2) is 0 Å². The Balaban J connectivity index is 1.05. The zero-order valence-corrected chi connectivity index (χ0v) is 50.9. The molecule has 0 N–H and O–H groups in total. The topological polar surface area (TPSA) is 6.48 Å². The van der Waals surface area contributed by atoms with E-state index in [1.54, 1.807) is 0 Å². The summed E-state index contributed by atoms with van der Waals surface area (Å²) >= 11 is 0. The highest BCUT2D eigenvalue weighted by atomic mass is 15.2. The second kappa shape index (κ2) is 20.8. The minimum atomic E-state index is -0.800. The molecule has 0 unspecified atom stereocenters. The molecule has 426 valence electrons. The first-order valence-corrected chi connectivity index (χ1v) is 31.6. The molecular weight excluding hydrogens is 1080 g/mol. The van der Waals surface area contributed by atoms with Crippen LogP contribution in [0.1, 0.15) is 66.8 Å². The van der Waals surface area contributed by atoms with E-state index in [1.807, 2.05) is 0 Å². The highest BCUT2D eigenvalue weighted by Crippen LogP contribution is 2.65. The highest BCUT2D eigenvalue weighted by Gasteiger charge is 2.51. The molecule has 0 aromatic heterocycles. The predicted octanol–water partition coefficient (Wildman–Crippen LogP) is 23.2. The molecule has 0 heterocycles. The lowest BCUT2D eigenvalue weighted by Gasteiger charge is -2.43. The van der Waals surface area contributed by atoms with Gasteiger partial charge in [-0.1, -0.05) is 277 Å². The number of nitrogens with zero attached hydrogens (tertiary/aromatic N) is 2. The van der Waals surface area contributed by atoms with Crippen LogP contribution in [0, 0.1) is 27.7 Å². The standard InChI is InChI=1S/C88H64N2/c1-57-36-44-63(45-37-57)87(64-46-38-58(2)39-47-64)77-33-19-32-74-83(89(67-24-7-5-8-25-67)81-34-17-22-61-20-11-13-28-69(61)81)53-52-73(85(74)77)75-54-79-76(55-78(75)87)86-72-31-16-15-30-71(72)84(90(68-26-9-6-10-27-68)82-35-18-23-62-21-12-14-29-70(62)82)56-80(86)88(79,65-48-40-59(3)41-49-65)66-50-42-60(4)43-51-66/h5-56H,1-4H3. The number of fused-ring (bicyclic) bond motifs is 9. The van der Waals surface area contributed by atoms with Crippen LogP contribution in [0.3, 0.4) is 0 Å².